The Bertz CT molecular complexity index is 504. The van der Waals surface area contributed by atoms with Crippen molar-refractivity contribution in [2.24, 2.45) is 0 Å². The summed E-state index contributed by atoms with van der Waals surface area (Å²) in [5.41, 5.74) is 0.418. The van der Waals surface area contributed by atoms with Gasteiger partial charge >= 0.3 is 5.97 Å². The molecule has 0 bridgehead atoms. The molecular weight excluding hydrogens is 268 g/mol. The van der Waals surface area contributed by atoms with E-state index >= 15 is 0 Å². The first kappa shape index (κ1) is 15.0. The maximum atomic E-state index is 11.8. The van der Waals surface area contributed by atoms with E-state index in [4.69, 9.17) is 5.11 Å². The van der Waals surface area contributed by atoms with Gasteiger partial charge in [0.15, 0.2) is 0 Å². The van der Waals surface area contributed by atoms with E-state index < -0.39 is 17.9 Å². The Morgan fingerprint density at radius 3 is 2.58 bits per heavy atom. The number of rotatable bonds is 5. The minimum absolute atomic E-state index is 0.0692. The number of aromatic carboxylic acids is 1. The van der Waals surface area contributed by atoms with Gasteiger partial charge in [-0.1, -0.05) is 6.07 Å². The van der Waals surface area contributed by atoms with Crippen LogP contribution in [0.15, 0.2) is 24.3 Å². The summed E-state index contributed by atoms with van der Waals surface area (Å²) in [6, 6.07) is 5.07. The van der Waals surface area contributed by atoms with E-state index in [-0.39, 0.29) is 17.2 Å². The number of hydrogen-bond donors (Lipinski definition) is 4. The van der Waals surface area contributed by atoms with Gasteiger partial charge in [-0.05, 0) is 18.2 Å². The smallest absolute Gasteiger partial charge is 0.335 e. The SMILES string of the molecule is CC(=O)N[C@@H](CS)C(=O)Nc1cccc(C(=O)O)c1. The van der Waals surface area contributed by atoms with Crippen molar-refractivity contribution >= 4 is 36.1 Å². The maximum Gasteiger partial charge on any atom is 0.335 e. The van der Waals surface area contributed by atoms with Gasteiger partial charge in [0, 0.05) is 18.4 Å². The topological polar surface area (TPSA) is 95.5 Å². The second kappa shape index (κ2) is 6.79. The van der Waals surface area contributed by atoms with Crippen molar-refractivity contribution in [3.63, 3.8) is 0 Å². The lowest BCUT2D eigenvalue weighted by molar-refractivity contribution is -0.124. The maximum absolute atomic E-state index is 11.8. The Labute approximate surface area is 115 Å². The summed E-state index contributed by atoms with van der Waals surface area (Å²) in [5, 5.41) is 13.8. The zero-order chi connectivity index (χ0) is 14.4. The minimum Gasteiger partial charge on any atom is -0.478 e. The number of carboxylic acids is 1. The highest BCUT2D eigenvalue weighted by molar-refractivity contribution is 7.80. The summed E-state index contributed by atoms with van der Waals surface area (Å²) in [6.45, 7) is 1.30. The van der Waals surface area contributed by atoms with E-state index in [1.165, 1.54) is 25.1 Å². The summed E-state index contributed by atoms with van der Waals surface area (Å²) in [4.78, 5) is 33.5. The number of thiol groups is 1. The number of amides is 2. The molecule has 0 saturated carbocycles. The summed E-state index contributed by atoms with van der Waals surface area (Å²) < 4.78 is 0. The van der Waals surface area contributed by atoms with Crippen LogP contribution in [0.2, 0.25) is 0 Å². The fourth-order valence-corrected chi connectivity index (χ4v) is 1.66. The highest BCUT2D eigenvalue weighted by Crippen LogP contribution is 2.11. The molecule has 0 unspecified atom stereocenters. The highest BCUT2D eigenvalue weighted by atomic mass is 32.1. The molecule has 0 radical (unpaired) electrons. The molecule has 0 aliphatic rings. The van der Waals surface area contributed by atoms with Crippen molar-refractivity contribution in [2.45, 2.75) is 13.0 Å². The lowest BCUT2D eigenvalue weighted by Crippen LogP contribution is -2.44. The molecule has 1 rings (SSSR count). The molecule has 0 heterocycles. The number of carbonyl (C=O) groups excluding carboxylic acids is 2. The van der Waals surface area contributed by atoms with Crippen molar-refractivity contribution in [2.75, 3.05) is 11.1 Å². The summed E-state index contributed by atoms with van der Waals surface area (Å²) in [6.07, 6.45) is 0. The Balaban J connectivity index is 2.78. The first-order chi connectivity index (χ1) is 8.93. The Morgan fingerprint density at radius 2 is 2.05 bits per heavy atom. The van der Waals surface area contributed by atoms with Crippen LogP contribution in [0.25, 0.3) is 0 Å². The van der Waals surface area contributed by atoms with Crippen molar-refractivity contribution in [1.29, 1.82) is 0 Å². The van der Waals surface area contributed by atoms with E-state index in [0.29, 0.717) is 5.69 Å². The first-order valence-electron chi connectivity index (χ1n) is 5.46. The number of carboxylic acid groups (broad SMARTS) is 1. The molecule has 1 aromatic rings. The molecule has 0 aromatic heterocycles. The third-order valence-corrected chi connectivity index (χ3v) is 2.62. The molecule has 6 nitrogen and oxygen atoms in total. The van der Waals surface area contributed by atoms with E-state index in [1.54, 1.807) is 6.07 Å². The van der Waals surface area contributed by atoms with E-state index in [9.17, 15) is 14.4 Å². The molecule has 7 heteroatoms. The molecule has 0 aliphatic heterocycles. The van der Waals surface area contributed by atoms with Crippen molar-refractivity contribution in [1.82, 2.24) is 5.32 Å². The van der Waals surface area contributed by atoms with Gasteiger partial charge in [-0.25, -0.2) is 4.79 Å². The molecule has 19 heavy (non-hydrogen) atoms. The first-order valence-corrected chi connectivity index (χ1v) is 6.09. The Hall–Kier alpha value is -2.02. The fraction of sp³-hybridized carbons (Fsp3) is 0.250. The van der Waals surface area contributed by atoms with Crippen LogP contribution >= 0.6 is 12.6 Å². The number of carbonyl (C=O) groups is 3. The van der Waals surface area contributed by atoms with Crippen molar-refractivity contribution in [3.8, 4) is 0 Å². The van der Waals surface area contributed by atoms with Crippen LogP contribution in [0.5, 0.6) is 0 Å². The molecule has 0 spiro atoms. The zero-order valence-electron chi connectivity index (χ0n) is 10.2. The average molecular weight is 282 g/mol. The highest BCUT2D eigenvalue weighted by Gasteiger charge is 2.18. The number of benzene rings is 1. The average Bonchev–Trinajstić information content (AvgIpc) is 2.35. The number of nitrogens with one attached hydrogen (secondary N) is 2. The monoisotopic (exact) mass is 282 g/mol. The van der Waals surface area contributed by atoms with Gasteiger partial charge < -0.3 is 15.7 Å². The van der Waals surface area contributed by atoms with Gasteiger partial charge in [-0.2, -0.15) is 12.6 Å². The molecule has 0 fully saturated rings. The van der Waals surface area contributed by atoms with Crippen LogP contribution in [-0.2, 0) is 9.59 Å². The van der Waals surface area contributed by atoms with Crippen LogP contribution in [-0.4, -0.2) is 34.7 Å². The molecule has 102 valence electrons. The second-order valence-corrected chi connectivity index (χ2v) is 4.18. The minimum atomic E-state index is -1.08. The van der Waals surface area contributed by atoms with E-state index in [2.05, 4.69) is 23.3 Å². The van der Waals surface area contributed by atoms with Gasteiger partial charge in [0.25, 0.3) is 0 Å². The predicted octanol–water partition coefficient (Wildman–Crippen LogP) is 0.758. The number of anilines is 1. The van der Waals surface area contributed by atoms with Gasteiger partial charge in [0.05, 0.1) is 5.56 Å². The lowest BCUT2D eigenvalue weighted by Gasteiger charge is -2.15. The van der Waals surface area contributed by atoms with Crippen LogP contribution in [0.1, 0.15) is 17.3 Å². The van der Waals surface area contributed by atoms with Gasteiger partial charge in [-0.3, -0.25) is 9.59 Å². The molecule has 0 aliphatic carbocycles. The Morgan fingerprint density at radius 1 is 1.37 bits per heavy atom. The molecular formula is C12H14N2O4S. The quantitative estimate of drug-likeness (QED) is 0.600. The van der Waals surface area contributed by atoms with Gasteiger partial charge in [-0.15, -0.1) is 0 Å². The second-order valence-electron chi connectivity index (χ2n) is 3.81. The normalized spacial score (nSPS) is 11.5. The molecule has 1 aromatic carbocycles. The van der Waals surface area contributed by atoms with Crippen LogP contribution in [0.3, 0.4) is 0 Å². The third-order valence-electron chi connectivity index (χ3n) is 2.25. The van der Waals surface area contributed by atoms with E-state index in [0.717, 1.165) is 0 Å². The predicted molar refractivity (Wildman–Crippen MR) is 73.5 cm³/mol. The zero-order valence-corrected chi connectivity index (χ0v) is 11.1. The van der Waals surface area contributed by atoms with Crippen LogP contribution < -0.4 is 10.6 Å². The van der Waals surface area contributed by atoms with E-state index in [1.807, 2.05) is 0 Å². The van der Waals surface area contributed by atoms with Gasteiger partial charge in [0.2, 0.25) is 11.8 Å². The van der Waals surface area contributed by atoms with Crippen LogP contribution in [0, 0.1) is 0 Å². The van der Waals surface area contributed by atoms with Crippen molar-refractivity contribution < 1.29 is 19.5 Å². The standard InChI is InChI=1S/C12H14N2O4S/c1-7(15)13-10(6-19)11(16)14-9-4-2-3-8(5-9)12(17)18/h2-5,10,19H,6H2,1H3,(H,13,15)(H,14,16)(H,17,18)/t10-/m0/s1. The largest absolute Gasteiger partial charge is 0.478 e. The van der Waals surface area contributed by atoms with Gasteiger partial charge in [0.1, 0.15) is 6.04 Å². The molecule has 1 atom stereocenters. The summed E-state index contributed by atoms with van der Waals surface area (Å²) >= 11 is 3.98. The molecule has 0 saturated heterocycles. The molecule has 3 N–H and O–H groups in total. The fourth-order valence-electron chi connectivity index (χ4n) is 1.40. The Kier molecular flexibility index (Phi) is 5.37. The summed E-state index contributed by atoms with van der Waals surface area (Å²) in [7, 11) is 0. The third kappa shape index (κ3) is 4.63. The van der Waals surface area contributed by atoms with Crippen LogP contribution in [0.4, 0.5) is 5.69 Å². The summed E-state index contributed by atoms with van der Waals surface area (Å²) in [5.74, 6) is -1.73. The van der Waals surface area contributed by atoms with Crippen molar-refractivity contribution in [3.05, 3.63) is 29.8 Å². The molecule has 2 amide bonds. The number of hydrogen-bond acceptors (Lipinski definition) is 4. The lowest BCUT2D eigenvalue weighted by atomic mass is 10.2.